The largest absolute Gasteiger partial charge is 0.393 e. The normalized spacial score (nSPS) is 24.6. The maximum absolute atomic E-state index is 13.8. The lowest BCUT2D eigenvalue weighted by Crippen LogP contribution is -2.55. The minimum atomic E-state index is -0.208. The molecular weight excluding hydrogens is 440 g/mol. The molecule has 1 aromatic carbocycles. The molecule has 33 heavy (non-hydrogen) atoms. The van der Waals surface area contributed by atoms with Crippen molar-refractivity contribution in [3.8, 4) is 0 Å². The quantitative estimate of drug-likeness (QED) is 0.705. The number of urea groups is 1. The Morgan fingerprint density at radius 1 is 1.09 bits per heavy atom. The summed E-state index contributed by atoms with van der Waals surface area (Å²) in [5.41, 5.74) is 1.62. The molecule has 8 nitrogen and oxygen atoms in total. The number of rotatable bonds is 4. The van der Waals surface area contributed by atoms with Gasteiger partial charge in [-0.3, -0.25) is 9.80 Å². The lowest BCUT2D eigenvalue weighted by molar-refractivity contribution is 0.126. The first-order valence-electron chi connectivity index (χ1n) is 11.8. The molecule has 2 fully saturated rings. The third-order valence-corrected chi connectivity index (χ3v) is 7.38. The highest BCUT2D eigenvalue weighted by atomic mass is 35.5. The number of benzene rings is 1. The van der Waals surface area contributed by atoms with Crippen LogP contribution in [0.25, 0.3) is 0 Å². The van der Waals surface area contributed by atoms with Gasteiger partial charge in [0.15, 0.2) is 0 Å². The minimum absolute atomic E-state index is 0.0744. The predicted octanol–water partition coefficient (Wildman–Crippen LogP) is 3.89. The number of anilines is 3. The summed E-state index contributed by atoms with van der Waals surface area (Å²) in [7, 11) is 2.11. The molecule has 5 rings (SSSR count). The number of para-hydroxylation sites is 1. The van der Waals surface area contributed by atoms with Gasteiger partial charge in [-0.25, -0.2) is 9.78 Å². The molecule has 1 saturated heterocycles. The Balaban J connectivity index is 1.47. The van der Waals surface area contributed by atoms with E-state index in [-0.39, 0.29) is 24.2 Å². The number of amides is 2. The molecule has 2 N–H and O–H groups in total. The topological polar surface area (TPSA) is 84.8 Å². The fourth-order valence-corrected chi connectivity index (χ4v) is 5.33. The molecule has 2 aromatic rings. The second-order valence-electron chi connectivity index (χ2n) is 9.42. The van der Waals surface area contributed by atoms with Gasteiger partial charge in [0.2, 0.25) is 5.95 Å². The molecule has 0 radical (unpaired) electrons. The van der Waals surface area contributed by atoms with E-state index in [1.54, 1.807) is 4.90 Å². The van der Waals surface area contributed by atoms with E-state index in [2.05, 4.69) is 22.2 Å². The fraction of sp³-hybridized carbons (Fsp3) is 0.542. The van der Waals surface area contributed by atoms with Crippen LogP contribution >= 0.6 is 11.6 Å². The highest BCUT2D eigenvalue weighted by Gasteiger charge is 2.39. The van der Waals surface area contributed by atoms with Crippen molar-refractivity contribution in [2.75, 3.05) is 35.3 Å². The van der Waals surface area contributed by atoms with Crippen molar-refractivity contribution in [3.05, 3.63) is 41.0 Å². The molecule has 0 atom stereocenters. The molecule has 3 aliphatic rings. The van der Waals surface area contributed by atoms with Crippen LogP contribution in [0.2, 0.25) is 5.02 Å². The van der Waals surface area contributed by atoms with Crippen molar-refractivity contribution >= 4 is 35.1 Å². The van der Waals surface area contributed by atoms with Gasteiger partial charge >= 0.3 is 6.03 Å². The van der Waals surface area contributed by atoms with Crippen LogP contribution in [0.1, 0.15) is 44.1 Å². The van der Waals surface area contributed by atoms with Gasteiger partial charge < -0.3 is 15.3 Å². The van der Waals surface area contributed by atoms with Crippen LogP contribution in [0.15, 0.2) is 30.5 Å². The summed E-state index contributed by atoms with van der Waals surface area (Å²) < 4.78 is 0. The number of aliphatic hydroxyl groups excluding tert-OH is 1. The molecule has 1 saturated carbocycles. The summed E-state index contributed by atoms with van der Waals surface area (Å²) in [6.07, 6.45) is 6.77. The Morgan fingerprint density at radius 2 is 1.82 bits per heavy atom. The van der Waals surface area contributed by atoms with Gasteiger partial charge in [-0.05, 0) is 70.8 Å². The van der Waals surface area contributed by atoms with Crippen LogP contribution in [-0.4, -0.2) is 64.3 Å². The fourth-order valence-electron chi connectivity index (χ4n) is 5.09. The van der Waals surface area contributed by atoms with Crippen molar-refractivity contribution < 1.29 is 9.90 Å². The third kappa shape index (κ3) is 4.65. The molecule has 0 bridgehead atoms. The molecule has 176 valence electrons. The number of nitrogens with zero attached hydrogens (tertiary/aromatic N) is 5. The minimum Gasteiger partial charge on any atom is -0.393 e. The zero-order valence-electron chi connectivity index (χ0n) is 19.0. The van der Waals surface area contributed by atoms with E-state index < -0.39 is 0 Å². The molecule has 3 heterocycles. The maximum Gasteiger partial charge on any atom is 0.330 e. The number of likely N-dealkylation sites (tertiary alicyclic amines) is 1. The zero-order valence-corrected chi connectivity index (χ0v) is 19.7. The first-order chi connectivity index (χ1) is 16.0. The summed E-state index contributed by atoms with van der Waals surface area (Å²) in [6, 6.07) is 7.68. The number of nitrogens with one attached hydrogen (secondary N) is 1. The molecular formula is C24H31ClN6O2. The van der Waals surface area contributed by atoms with E-state index in [4.69, 9.17) is 16.6 Å². The smallest absolute Gasteiger partial charge is 0.330 e. The lowest BCUT2D eigenvalue weighted by atomic mass is 9.93. The SMILES string of the molecule is CN1CCC(N2C(=O)N(c3ccccc3Cl)Cc3cnc(NC4CCC(O)CC4)nc32)CC1. The Kier molecular flexibility index (Phi) is 6.40. The van der Waals surface area contributed by atoms with Crippen LogP contribution < -0.4 is 15.1 Å². The summed E-state index contributed by atoms with van der Waals surface area (Å²) in [5.74, 6) is 1.25. The van der Waals surface area contributed by atoms with Crippen molar-refractivity contribution in [1.29, 1.82) is 0 Å². The Bertz CT molecular complexity index is 1000. The average Bonchev–Trinajstić information content (AvgIpc) is 2.82. The number of piperidine rings is 1. The van der Waals surface area contributed by atoms with E-state index in [1.807, 2.05) is 35.4 Å². The highest BCUT2D eigenvalue weighted by Crippen LogP contribution is 2.37. The Labute approximate surface area is 199 Å². The summed E-state index contributed by atoms with van der Waals surface area (Å²) >= 11 is 6.47. The summed E-state index contributed by atoms with van der Waals surface area (Å²) in [5, 5.41) is 13.8. The molecule has 0 unspecified atom stereocenters. The highest BCUT2D eigenvalue weighted by molar-refractivity contribution is 6.34. The number of hydrogen-bond acceptors (Lipinski definition) is 6. The second kappa shape index (κ2) is 9.44. The maximum atomic E-state index is 13.8. The number of aromatic nitrogens is 2. The zero-order chi connectivity index (χ0) is 22.9. The number of carbonyl (C=O) groups is 1. The van der Waals surface area contributed by atoms with Crippen LogP contribution in [0.4, 0.5) is 22.2 Å². The van der Waals surface area contributed by atoms with Crippen LogP contribution in [0, 0.1) is 0 Å². The Morgan fingerprint density at radius 3 is 2.55 bits per heavy atom. The molecule has 0 spiro atoms. The van der Waals surface area contributed by atoms with E-state index in [9.17, 15) is 9.90 Å². The number of carbonyl (C=O) groups excluding carboxylic acids is 1. The molecule has 9 heteroatoms. The number of fused-ring (bicyclic) bond motifs is 1. The standard InChI is InChI=1S/C24H31ClN6O2/c1-29-12-10-18(11-13-29)31-22-16(15-30(24(31)33)21-5-3-2-4-20(21)25)14-26-23(28-22)27-17-6-8-19(32)9-7-17/h2-5,14,17-19,32H,6-13,15H2,1H3,(H,26,27,28). The van der Waals surface area contributed by atoms with Gasteiger partial charge in [-0.1, -0.05) is 23.7 Å². The number of halogens is 1. The molecule has 1 aliphatic carbocycles. The monoisotopic (exact) mass is 470 g/mol. The van der Waals surface area contributed by atoms with Gasteiger partial charge in [-0.2, -0.15) is 4.98 Å². The average molecular weight is 471 g/mol. The summed E-state index contributed by atoms with van der Waals surface area (Å²) in [4.78, 5) is 29.2. The molecule has 2 aliphatic heterocycles. The van der Waals surface area contributed by atoms with Crippen molar-refractivity contribution in [2.24, 2.45) is 0 Å². The second-order valence-corrected chi connectivity index (χ2v) is 9.82. The first-order valence-corrected chi connectivity index (χ1v) is 12.2. The molecule has 2 amide bonds. The van der Waals surface area contributed by atoms with E-state index in [1.165, 1.54) is 0 Å². The Hall–Kier alpha value is -2.42. The predicted molar refractivity (Wildman–Crippen MR) is 130 cm³/mol. The van der Waals surface area contributed by atoms with Gasteiger partial charge in [0.05, 0.1) is 23.4 Å². The van der Waals surface area contributed by atoms with Gasteiger partial charge in [0.25, 0.3) is 0 Å². The van der Waals surface area contributed by atoms with Crippen molar-refractivity contribution in [2.45, 2.75) is 63.3 Å². The van der Waals surface area contributed by atoms with Crippen LogP contribution in [-0.2, 0) is 6.54 Å². The van der Waals surface area contributed by atoms with E-state index >= 15 is 0 Å². The van der Waals surface area contributed by atoms with E-state index in [0.717, 1.165) is 57.2 Å². The van der Waals surface area contributed by atoms with Gasteiger partial charge in [-0.15, -0.1) is 0 Å². The number of hydrogen-bond donors (Lipinski definition) is 2. The van der Waals surface area contributed by atoms with Gasteiger partial charge in [0.1, 0.15) is 5.82 Å². The van der Waals surface area contributed by atoms with E-state index in [0.29, 0.717) is 29.0 Å². The van der Waals surface area contributed by atoms with Crippen LogP contribution in [0.5, 0.6) is 0 Å². The lowest BCUT2D eigenvalue weighted by Gasteiger charge is -2.43. The number of aliphatic hydroxyl groups is 1. The van der Waals surface area contributed by atoms with Crippen molar-refractivity contribution in [1.82, 2.24) is 14.9 Å². The first kappa shape index (κ1) is 22.4. The van der Waals surface area contributed by atoms with Crippen LogP contribution in [0.3, 0.4) is 0 Å². The third-order valence-electron chi connectivity index (χ3n) is 7.06. The summed E-state index contributed by atoms with van der Waals surface area (Å²) in [6.45, 7) is 2.27. The van der Waals surface area contributed by atoms with Gasteiger partial charge in [0, 0.05) is 23.8 Å². The van der Waals surface area contributed by atoms with Crippen molar-refractivity contribution in [3.63, 3.8) is 0 Å². The molecule has 1 aromatic heterocycles.